The molecule has 1 N–H and O–H groups in total. The Morgan fingerprint density at radius 2 is 2.47 bits per heavy atom. The highest BCUT2D eigenvalue weighted by molar-refractivity contribution is 5.90. The highest BCUT2D eigenvalue weighted by atomic mass is 16.5. The fourth-order valence-electron chi connectivity index (χ4n) is 1.46. The highest BCUT2D eigenvalue weighted by Gasteiger charge is 2.16. The molecule has 0 aromatic carbocycles. The number of hydrogen-bond acceptors (Lipinski definition) is 4. The molecule has 0 saturated heterocycles. The molecule has 0 radical (unpaired) electrons. The summed E-state index contributed by atoms with van der Waals surface area (Å²) in [6, 6.07) is 0. The Labute approximate surface area is 101 Å². The first-order chi connectivity index (χ1) is 8.20. The molecular weight excluding hydrogens is 218 g/mol. The van der Waals surface area contributed by atoms with Crippen LogP contribution >= 0.6 is 0 Å². The molecule has 0 atom stereocenters. The molecule has 0 bridgehead atoms. The summed E-state index contributed by atoms with van der Waals surface area (Å²) in [5.74, 6) is -0.318. The number of rotatable bonds is 7. The summed E-state index contributed by atoms with van der Waals surface area (Å²) in [6.45, 7) is 7.24. The molecule has 0 aliphatic rings. The molecule has 0 amide bonds. The van der Waals surface area contributed by atoms with E-state index >= 15 is 0 Å². The Bertz CT molecular complexity index is 385. The van der Waals surface area contributed by atoms with Gasteiger partial charge in [-0.3, -0.25) is 4.68 Å². The third kappa shape index (κ3) is 3.71. The van der Waals surface area contributed by atoms with Crippen molar-refractivity contribution in [1.29, 1.82) is 0 Å². The van der Waals surface area contributed by atoms with E-state index in [-0.39, 0.29) is 5.97 Å². The van der Waals surface area contributed by atoms with Crippen molar-refractivity contribution in [2.24, 2.45) is 7.05 Å². The van der Waals surface area contributed by atoms with E-state index in [1.165, 1.54) is 0 Å². The van der Waals surface area contributed by atoms with E-state index in [0.717, 1.165) is 18.7 Å². The van der Waals surface area contributed by atoms with Crippen LogP contribution in [-0.4, -0.2) is 28.9 Å². The number of carbonyl (C=O) groups is 1. The lowest BCUT2D eigenvalue weighted by atomic mass is 10.2. The minimum absolute atomic E-state index is 0.318. The second-order valence-corrected chi connectivity index (χ2v) is 3.60. The molecular formula is C12H19N3O2. The van der Waals surface area contributed by atoms with Crippen LogP contribution in [0, 0.1) is 0 Å². The second-order valence-electron chi connectivity index (χ2n) is 3.60. The molecule has 0 fully saturated rings. The molecule has 0 aliphatic heterocycles. The van der Waals surface area contributed by atoms with Gasteiger partial charge >= 0.3 is 5.97 Å². The van der Waals surface area contributed by atoms with Crippen molar-refractivity contribution in [3.63, 3.8) is 0 Å². The number of hydrogen-bond donors (Lipinski definition) is 1. The zero-order valence-corrected chi connectivity index (χ0v) is 10.4. The van der Waals surface area contributed by atoms with E-state index in [9.17, 15) is 4.79 Å². The predicted octanol–water partition coefficient (Wildman–Crippen LogP) is 1.26. The number of ether oxygens (including phenoxy) is 1. The minimum Gasteiger partial charge on any atom is -0.462 e. The fraction of sp³-hybridized carbons (Fsp3) is 0.500. The molecule has 17 heavy (non-hydrogen) atoms. The molecule has 1 aromatic rings. The van der Waals surface area contributed by atoms with E-state index in [2.05, 4.69) is 17.0 Å². The molecule has 0 unspecified atom stereocenters. The van der Waals surface area contributed by atoms with Crippen LogP contribution in [0.5, 0.6) is 0 Å². The Balaban J connectivity index is 2.65. The first-order valence-corrected chi connectivity index (χ1v) is 5.70. The zero-order valence-electron chi connectivity index (χ0n) is 10.4. The first-order valence-electron chi connectivity index (χ1n) is 5.70. The van der Waals surface area contributed by atoms with Gasteiger partial charge in [0.25, 0.3) is 0 Å². The minimum atomic E-state index is -0.318. The van der Waals surface area contributed by atoms with Crippen molar-refractivity contribution >= 4 is 5.97 Å². The van der Waals surface area contributed by atoms with Gasteiger partial charge in [0.1, 0.15) is 5.56 Å². The van der Waals surface area contributed by atoms with Crippen molar-refractivity contribution in [3.8, 4) is 0 Å². The summed E-state index contributed by atoms with van der Waals surface area (Å²) in [5.41, 5.74) is 1.37. The fourth-order valence-corrected chi connectivity index (χ4v) is 1.46. The van der Waals surface area contributed by atoms with Crippen LogP contribution in [0.3, 0.4) is 0 Å². The molecule has 5 nitrogen and oxygen atoms in total. The molecule has 0 saturated carbocycles. The summed E-state index contributed by atoms with van der Waals surface area (Å²) in [5, 5.41) is 7.30. The van der Waals surface area contributed by atoms with Gasteiger partial charge in [-0.25, -0.2) is 4.79 Å². The lowest BCUT2D eigenvalue weighted by Gasteiger charge is -2.06. The summed E-state index contributed by atoms with van der Waals surface area (Å²) >= 11 is 0. The maximum absolute atomic E-state index is 11.6. The van der Waals surface area contributed by atoms with E-state index in [1.54, 1.807) is 17.8 Å². The van der Waals surface area contributed by atoms with E-state index < -0.39 is 0 Å². The van der Waals surface area contributed by atoms with Gasteiger partial charge < -0.3 is 10.1 Å². The molecule has 1 heterocycles. The summed E-state index contributed by atoms with van der Waals surface area (Å²) in [7, 11) is 1.81. The van der Waals surface area contributed by atoms with Crippen molar-refractivity contribution in [3.05, 3.63) is 30.1 Å². The van der Waals surface area contributed by atoms with Crippen LogP contribution in [0.15, 0.2) is 18.9 Å². The lowest BCUT2D eigenvalue weighted by molar-refractivity contribution is 0.0524. The van der Waals surface area contributed by atoms with Crippen molar-refractivity contribution in [1.82, 2.24) is 15.1 Å². The van der Waals surface area contributed by atoms with Crippen LogP contribution in [0.2, 0.25) is 0 Å². The maximum atomic E-state index is 11.6. The number of nitrogens with zero attached hydrogens (tertiary/aromatic N) is 2. The van der Waals surface area contributed by atoms with Crippen molar-refractivity contribution < 1.29 is 9.53 Å². The van der Waals surface area contributed by atoms with Gasteiger partial charge in [0, 0.05) is 13.6 Å². The van der Waals surface area contributed by atoms with Crippen LogP contribution in [-0.2, 0) is 18.3 Å². The molecule has 5 heteroatoms. The summed E-state index contributed by atoms with van der Waals surface area (Å²) in [6.07, 6.45) is 4.29. The van der Waals surface area contributed by atoms with Crippen LogP contribution in [0.25, 0.3) is 0 Å². The Kier molecular flexibility index (Phi) is 5.42. The van der Waals surface area contributed by atoms with Gasteiger partial charge in [-0.05, 0) is 19.9 Å². The van der Waals surface area contributed by atoms with Crippen LogP contribution in [0.4, 0.5) is 0 Å². The van der Waals surface area contributed by atoms with Crippen molar-refractivity contribution in [2.45, 2.75) is 19.9 Å². The SMILES string of the molecule is C=CCCNCc1c(C(=O)OCC)cnn1C. The summed E-state index contributed by atoms with van der Waals surface area (Å²) < 4.78 is 6.66. The number of nitrogens with one attached hydrogen (secondary N) is 1. The second kappa shape index (κ2) is 6.85. The van der Waals surface area contributed by atoms with Gasteiger partial charge in [0.05, 0.1) is 18.5 Å². The van der Waals surface area contributed by atoms with Gasteiger partial charge in [-0.2, -0.15) is 5.10 Å². The predicted molar refractivity (Wildman–Crippen MR) is 65.7 cm³/mol. The monoisotopic (exact) mass is 237 g/mol. The summed E-state index contributed by atoms with van der Waals surface area (Å²) in [4.78, 5) is 11.6. The standard InChI is InChI=1S/C12H19N3O2/c1-4-6-7-13-9-11-10(8-14-15(11)3)12(16)17-5-2/h4,8,13H,1,5-7,9H2,2-3H3. The van der Waals surface area contributed by atoms with Crippen LogP contribution in [0.1, 0.15) is 29.4 Å². The number of aryl methyl sites for hydroxylation is 1. The Morgan fingerprint density at radius 3 is 3.12 bits per heavy atom. The largest absolute Gasteiger partial charge is 0.462 e. The van der Waals surface area contributed by atoms with Gasteiger partial charge in [0.2, 0.25) is 0 Å². The lowest BCUT2D eigenvalue weighted by Crippen LogP contribution is -2.19. The number of esters is 1. The van der Waals surface area contributed by atoms with Gasteiger partial charge in [-0.1, -0.05) is 6.08 Å². The molecule has 0 aliphatic carbocycles. The third-order valence-electron chi connectivity index (χ3n) is 2.37. The Hall–Kier alpha value is -1.62. The highest BCUT2D eigenvalue weighted by Crippen LogP contribution is 2.09. The molecule has 1 rings (SSSR count). The molecule has 94 valence electrons. The normalized spacial score (nSPS) is 10.2. The van der Waals surface area contributed by atoms with Gasteiger partial charge in [-0.15, -0.1) is 6.58 Å². The van der Waals surface area contributed by atoms with Gasteiger partial charge in [0.15, 0.2) is 0 Å². The van der Waals surface area contributed by atoms with E-state index in [1.807, 2.05) is 13.1 Å². The third-order valence-corrected chi connectivity index (χ3v) is 2.37. The average Bonchev–Trinajstić information content (AvgIpc) is 2.67. The number of aromatic nitrogens is 2. The average molecular weight is 237 g/mol. The van der Waals surface area contributed by atoms with E-state index in [0.29, 0.717) is 18.7 Å². The zero-order chi connectivity index (χ0) is 12.7. The smallest absolute Gasteiger partial charge is 0.341 e. The topological polar surface area (TPSA) is 56.1 Å². The number of carbonyl (C=O) groups excluding carboxylic acids is 1. The molecule has 1 aromatic heterocycles. The Morgan fingerprint density at radius 1 is 1.71 bits per heavy atom. The maximum Gasteiger partial charge on any atom is 0.341 e. The molecule has 0 spiro atoms. The van der Waals surface area contributed by atoms with Crippen molar-refractivity contribution in [2.75, 3.05) is 13.2 Å². The quantitative estimate of drug-likeness (QED) is 0.441. The van der Waals surface area contributed by atoms with Crippen LogP contribution < -0.4 is 5.32 Å². The first kappa shape index (κ1) is 13.4. The van der Waals surface area contributed by atoms with E-state index in [4.69, 9.17) is 4.74 Å².